The maximum absolute atomic E-state index is 13.7. The highest BCUT2D eigenvalue weighted by atomic mass is 32.1. The Morgan fingerprint density at radius 2 is 1.89 bits per heavy atom. The van der Waals surface area contributed by atoms with Gasteiger partial charge in [0, 0.05) is 23.3 Å². The molecule has 0 saturated heterocycles. The van der Waals surface area contributed by atoms with Crippen LogP contribution < -0.4 is 15.4 Å². The van der Waals surface area contributed by atoms with E-state index in [2.05, 4.69) is 10.6 Å². The minimum atomic E-state index is -0.281. The zero-order valence-corrected chi connectivity index (χ0v) is 15.4. The molecular formula is C21H19FN2O2S. The second-order valence-corrected chi connectivity index (χ2v) is 7.06. The van der Waals surface area contributed by atoms with Crippen LogP contribution in [0.5, 0.6) is 5.75 Å². The molecule has 0 bridgehead atoms. The van der Waals surface area contributed by atoms with Crippen molar-refractivity contribution < 1.29 is 13.9 Å². The normalized spacial score (nSPS) is 19.2. The topological polar surface area (TPSA) is 50.4 Å². The summed E-state index contributed by atoms with van der Waals surface area (Å²) in [6.07, 6.45) is 2.25. The number of nitrogens with one attached hydrogen (secondary N) is 2. The van der Waals surface area contributed by atoms with Gasteiger partial charge in [-0.2, -0.15) is 0 Å². The van der Waals surface area contributed by atoms with E-state index in [0.717, 1.165) is 29.7 Å². The standard InChI is InChI=1S/C21H19FN2O2S/c22-16-5-2-1-4-14(16)12-26-15-10-8-13(9-11-15)20-19-17(23-21(27)24-20)6-3-7-18(19)25/h1-2,4-5,8-11,20H,3,6-7,12H2,(H2,23,24,27). The lowest BCUT2D eigenvalue weighted by Crippen LogP contribution is -2.46. The van der Waals surface area contributed by atoms with Crippen LogP contribution in [0, 0.1) is 5.82 Å². The summed E-state index contributed by atoms with van der Waals surface area (Å²) in [7, 11) is 0. The van der Waals surface area contributed by atoms with Crippen LogP contribution in [0.3, 0.4) is 0 Å². The van der Waals surface area contributed by atoms with E-state index < -0.39 is 0 Å². The Hall–Kier alpha value is -2.73. The van der Waals surface area contributed by atoms with Crippen molar-refractivity contribution in [2.45, 2.75) is 31.9 Å². The predicted molar refractivity (Wildman–Crippen MR) is 105 cm³/mol. The molecule has 0 saturated carbocycles. The van der Waals surface area contributed by atoms with Crippen LogP contribution in [0.1, 0.15) is 36.4 Å². The maximum Gasteiger partial charge on any atom is 0.171 e. The van der Waals surface area contributed by atoms with Gasteiger partial charge in [0.25, 0.3) is 0 Å². The Labute approximate surface area is 162 Å². The molecular weight excluding hydrogens is 363 g/mol. The van der Waals surface area contributed by atoms with Crippen LogP contribution in [0.2, 0.25) is 0 Å². The van der Waals surface area contributed by atoms with Crippen LogP contribution in [-0.2, 0) is 11.4 Å². The van der Waals surface area contributed by atoms with Crippen LogP contribution in [-0.4, -0.2) is 10.9 Å². The summed E-state index contributed by atoms with van der Waals surface area (Å²) in [5.74, 6) is 0.517. The number of Topliss-reactive ketones (excluding diaryl/α,β-unsaturated/α-hetero) is 1. The van der Waals surface area contributed by atoms with E-state index in [1.54, 1.807) is 18.2 Å². The van der Waals surface area contributed by atoms with Gasteiger partial charge < -0.3 is 15.4 Å². The van der Waals surface area contributed by atoms with Gasteiger partial charge in [0.05, 0.1) is 6.04 Å². The van der Waals surface area contributed by atoms with Gasteiger partial charge in [0.1, 0.15) is 18.2 Å². The fraction of sp³-hybridized carbons (Fsp3) is 0.238. The molecule has 2 aromatic carbocycles. The summed E-state index contributed by atoms with van der Waals surface area (Å²) in [5.41, 5.74) is 3.16. The lowest BCUT2D eigenvalue weighted by atomic mass is 9.85. The largest absolute Gasteiger partial charge is 0.489 e. The summed E-state index contributed by atoms with van der Waals surface area (Å²) < 4.78 is 19.4. The van der Waals surface area contributed by atoms with Gasteiger partial charge in [-0.25, -0.2) is 4.39 Å². The van der Waals surface area contributed by atoms with Gasteiger partial charge in [-0.1, -0.05) is 30.3 Å². The van der Waals surface area contributed by atoms with E-state index in [0.29, 0.717) is 22.8 Å². The first-order chi connectivity index (χ1) is 13.1. The molecule has 2 N–H and O–H groups in total. The van der Waals surface area contributed by atoms with E-state index in [1.165, 1.54) is 6.07 Å². The van der Waals surface area contributed by atoms with E-state index in [9.17, 15) is 9.18 Å². The molecule has 138 valence electrons. The number of carbonyl (C=O) groups excluding carboxylic acids is 1. The number of ketones is 1. The average molecular weight is 382 g/mol. The molecule has 0 spiro atoms. The van der Waals surface area contributed by atoms with Crippen LogP contribution in [0.25, 0.3) is 0 Å². The minimum absolute atomic E-state index is 0.156. The van der Waals surface area contributed by atoms with Crippen molar-refractivity contribution >= 4 is 23.1 Å². The van der Waals surface area contributed by atoms with Crippen molar-refractivity contribution in [3.05, 3.63) is 76.7 Å². The van der Waals surface area contributed by atoms with Crippen LogP contribution in [0.4, 0.5) is 4.39 Å². The minimum Gasteiger partial charge on any atom is -0.489 e. The Morgan fingerprint density at radius 3 is 2.67 bits per heavy atom. The number of hydrogen-bond acceptors (Lipinski definition) is 3. The molecule has 2 aliphatic rings. The number of ether oxygens (including phenoxy) is 1. The number of carbonyl (C=O) groups is 1. The Kier molecular flexibility index (Phi) is 4.90. The molecule has 4 rings (SSSR count). The molecule has 0 fully saturated rings. The lowest BCUT2D eigenvalue weighted by molar-refractivity contribution is -0.116. The third-order valence-electron chi connectivity index (χ3n) is 4.85. The van der Waals surface area contributed by atoms with E-state index >= 15 is 0 Å². The third kappa shape index (κ3) is 3.71. The quantitative estimate of drug-likeness (QED) is 0.785. The number of benzene rings is 2. The Balaban J connectivity index is 1.52. The Morgan fingerprint density at radius 1 is 1.11 bits per heavy atom. The smallest absolute Gasteiger partial charge is 0.171 e. The van der Waals surface area contributed by atoms with E-state index in [1.807, 2.05) is 24.3 Å². The molecule has 4 nitrogen and oxygen atoms in total. The van der Waals surface area contributed by atoms with Crippen molar-refractivity contribution in [2.75, 3.05) is 0 Å². The van der Waals surface area contributed by atoms with Crippen molar-refractivity contribution in [3.8, 4) is 5.75 Å². The van der Waals surface area contributed by atoms with Gasteiger partial charge in [-0.3, -0.25) is 4.79 Å². The molecule has 1 aliphatic heterocycles. The number of allylic oxidation sites excluding steroid dienone is 1. The summed E-state index contributed by atoms with van der Waals surface area (Å²) >= 11 is 5.30. The molecule has 0 aromatic heterocycles. The first-order valence-electron chi connectivity index (χ1n) is 8.92. The van der Waals surface area contributed by atoms with Crippen LogP contribution in [0.15, 0.2) is 59.8 Å². The number of hydrogen-bond donors (Lipinski definition) is 2. The van der Waals surface area contributed by atoms with Crippen molar-refractivity contribution in [1.82, 2.24) is 10.6 Å². The van der Waals surface area contributed by atoms with E-state index in [4.69, 9.17) is 17.0 Å². The molecule has 1 unspecified atom stereocenters. The highest BCUT2D eigenvalue weighted by Crippen LogP contribution is 2.34. The lowest BCUT2D eigenvalue weighted by Gasteiger charge is -2.33. The fourth-order valence-electron chi connectivity index (χ4n) is 3.49. The van der Waals surface area contributed by atoms with Crippen LogP contribution >= 0.6 is 12.2 Å². The zero-order chi connectivity index (χ0) is 18.8. The first-order valence-corrected chi connectivity index (χ1v) is 9.32. The van der Waals surface area contributed by atoms with Crippen molar-refractivity contribution in [3.63, 3.8) is 0 Å². The van der Waals surface area contributed by atoms with Crippen molar-refractivity contribution in [2.24, 2.45) is 0 Å². The molecule has 0 amide bonds. The highest BCUT2D eigenvalue weighted by Gasteiger charge is 2.33. The van der Waals surface area contributed by atoms with Gasteiger partial charge in [0.2, 0.25) is 0 Å². The van der Waals surface area contributed by atoms with Gasteiger partial charge in [-0.15, -0.1) is 0 Å². The molecule has 1 atom stereocenters. The molecule has 0 radical (unpaired) electrons. The first kappa shape index (κ1) is 17.7. The second kappa shape index (κ2) is 7.48. The van der Waals surface area contributed by atoms with E-state index in [-0.39, 0.29) is 24.2 Å². The summed E-state index contributed by atoms with van der Waals surface area (Å²) in [6, 6.07) is 13.8. The van der Waals surface area contributed by atoms with Gasteiger partial charge >= 0.3 is 0 Å². The predicted octanol–water partition coefficient (Wildman–Crippen LogP) is 3.93. The number of rotatable bonds is 4. The molecule has 1 heterocycles. The summed E-state index contributed by atoms with van der Waals surface area (Å²) in [6.45, 7) is 0.162. The van der Waals surface area contributed by atoms with Crippen molar-refractivity contribution in [1.29, 1.82) is 0 Å². The zero-order valence-electron chi connectivity index (χ0n) is 14.6. The third-order valence-corrected chi connectivity index (χ3v) is 5.07. The average Bonchev–Trinajstić information content (AvgIpc) is 2.67. The molecule has 2 aromatic rings. The molecule has 1 aliphatic carbocycles. The molecule has 27 heavy (non-hydrogen) atoms. The SMILES string of the molecule is O=C1CCCC2=C1C(c1ccc(OCc3ccccc3F)cc1)NC(=S)N2. The Bertz CT molecular complexity index is 924. The summed E-state index contributed by atoms with van der Waals surface area (Å²) in [4.78, 5) is 12.4. The summed E-state index contributed by atoms with van der Waals surface area (Å²) in [5, 5.41) is 6.86. The monoisotopic (exact) mass is 382 g/mol. The van der Waals surface area contributed by atoms with Gasteiger partial charge in [-0.05, 0) is 48.8 Å². The highest BCUT2D eigenvalue weighted by molar-refractivity contribution is 7.80. The van der Waals surface area contributed by atoms with Gasteiger partial charge in [0.15, 0.2) is 10.9 Å². The maximum atomic E-state index is 13.7. The fourth-order valence-corrected chi connectivity index (χ4v) is 3.73. The molecule has 6 heteroatoms. The second-order valence-electron chi connectivity index (χ2n) is 6.65. The number of halogens is 1. The number of thiocarbonyl (C=S) groups is 1.